The van der Waals surface area contributed by atoms with Gasteiger partial charge < -0.3 is 9.32 Å². The smallest absolute Gasteiger partial charge is 0.223 e. The van der Waals surface area contributed by atoms with E-state index in [0.29, 0.717) is 17.9 Å². The summed E-state index contributed by atoms with van der Waals surface area (Å²) in [7, 11) is 0. The summed E-state index contributed by atoms with van der Waals surface area (Å²) in [5.41, 5.74) is 4.25. The van der Waals surface area contributed by atoms with Gasteiger partial charge in [-0.1, -0.05) is 48.5 Å². The maximum atomic E-state index is 13.6. The summed E-state index contributed by atoms with van der Waals surface area (Å²) < 4.78 is 19.6. The van der Waals surface area contributed by atoms with Crippen LogP contribution in [0.4, 0.5) is 4.39 Å². The summed E-state index contributed by atoms with van der Waals surface area (Å²) in [6.45, 7) is 0.728. The van der Waals surface area contributed by atoms with E-state index >= 15 is 0 Å². The van der Waals surface area contributed by atoms with Crippen molar-refractivity contribution < 1.29 is 13.6 Å². The normalized spacial score (nSPS) is 16.2. The SMILES string of the molecule is O=C(CCc1ccccc1)N1CCC[C@H]1c1nc2cc(-c3cccc(F)c3)ccc2o1. The molecule has 0 aliphatic carbocycles. The molecule has 1 aliphatic rings. The minimum atomic E-state index is -0.269. The van der Waals surface area contributed by atoms with Gasteiger partial charge in [-0.15, -0.1) is 0 Å². The zero-order valence-electron chi connectivity index (χ0n) is 17.1. The molecule has 1 aliphatic heterocycles. The second-order valence-corrected chi connectivity index (χ2v) is 7.98. The number of hydrogen-bond donors (Lipinski definition) is 0. The molecular weight excluding hydrogens is 391 g/mol. The first kappa shape index (κ1) is 19.5. The highest BCUT2D eigenvalue weighted by atomic mass is 19.1. The van der Waals surface area contributed by atoms with Crippen molar-refractivity contribution in [2.45, 2.75) is 31.7 Å². The van der Waals surface area contributed by atoms with Crippen LogP contribution in [-0.4, -0.2) is 22.3 Å². The van der Waals surface area contributed by atoms with Crippen molar-refractivity contribution in [3.05, 3.63) is 90.1 Å². The highest BCUT2D eigenvalue weighted by molar-refractivity contribution is 5.81. The summed E-state index contributed by atoms with van der Waals surface area (Å²) >= 11 is 0. The summed E-state index contributed by atoms with van der Waals surface area (Å²) in [5, 5.41) is 0. The average Bonchev–Trinajstić information content (AvgIpc) is 3.44. The maximum Gasteiger partial charge on any atom is 0.223 e. The fourth-order valence-electron chi connectivity index (χ4n) is 4.30. The van der Waals surface area contributed by atoms with E-state index in [9.17, 15) is 9.18 Å². The molecule has 1 saturated heterocycles. The number of hydrogen-bond acceptors (Lipinski definition) is 3. The number of amides is 1. The minimum Gasteiger partial charge on any atom is -0.438 e. The van der Waals surface area contributed by atoms with Crippen LogP contribution >= 0.6 is 0 Å². The molecule has 2 heterocycles. The lowest BCUT2D eigenvalue weighted by Gasteiger charge is -2.22. The van der Waals surface area contributed by atoms with Crippen molar-refractivity contribution in [2.75, 3.05) is 6.54 Å². The number of nitrogens with zero attached hydrogens (tertiary/aromatic N) is 2. The zero-order chi connectivity index (χ0) is 21.2. The lowest BCUT2D eigenvalue weighted by Crippen LogP contribution is -2.30. The Bertz CT molecular complexity index is 1220. The van der Waals surface area contributed by atoms with Gasteiger partial charge in [0, 0.05) is 13.0 Å². The quantitative estimate of drug-likeness (QED) is 0.407. The molecule has 0 radical (unpaired) electrons. The third kappa shape index (κ3) is 4.08. The second-order valence-electron chi connectivity index (χ2n) is 7.98. The largest absolute Gasteiger partial charge is 0.438 e. The van der Waals surface area contributed by atoms with Crippen LogP contribution in [0.1, 0.15) is 36.8 Å². The average molecular weight is 414 g/mol. The lowest BCUT2D eigenvalue weighted by atomic mass is 10.1. The standard InChI is InChI=1S/C26H23FN2O2/c27-21-9-4-8-19(16-21)20-12-13-24-22(17-20)28-26(31-24)23-10-5-15-29(23)25(30)14-11-18-6-2-1-3-7-18/h1-4,6-9,12-13,16-17,23H,5,10-11,14-15H2/t23-/m0/s1. The maximum absolute atomic E-state index is 13.6. The Labute approximate surface area is 180 Å². The second kappa shape index (κ2) is 8.34. The van der Waals surface area contributed by atoms with Crippen LogP contribution in [0.15, 0.2) is 77.2 Å². The van der Waals surface area contributed by atoms with Gasteiger partial charge in [0.25, 0.3) is 0 Å². The number of carbonyl (C=O) groups excluding carboxylic acids is 1. The van der Waals surface area contributed by atoms with Crippen LogP contribution in [0.5, 0.6) is 0 Å². The number of rotatable bonds is 5. The van der Waals surface area contributed by atoms with Crippen molar-refractivity contribution in [3.8, 4) is 11.1 Å². The van der Waals surface area contributed by atoms with E-state index in [4.69, 9.17) is 9.40 Å². The molecule has 0 spiro atoms. The van der Waals surface area contributed by atoms with Gasteiger partial charge in [-0.25, -0.2) is 9.37 Å². The predicted molar refractivity (Wildman–Crippen MR) is 118 cm³/mol. The van der Waals surface area contributed by atoms with E-state index < -0.39 is 0 Å². The van der Waals surface area contributed by atoms with E-state index in [-0.39, 0.29) is 17.8 Å². The molecule has 1 aromatic heterocycles. The monoisotopic (exact) mass is 414 g/mol. The van der Waals surface area contributed by atoms with Crippen LogP contribution in [0, 0.1) is 5.82 Å². The van der Waals surface area contributed by atoms with Crippen LogP contribution in [0.25, 0.3) is 22.2 Å². The molecule has 0 saturated carbocycles. The Hall–Kier alpha value is -3.47. The molecule has 1 fully saturated rings. The fourth-order valence-corrected chi connectivity index (χ4v) is 4.30. The number of likely N-dealkylation sites (tertiary alicyclic amines) is 1. The fraction of sp³-hybridized carbons (Fsp3) is 0.231. The predicted octanol–water partition coefficient (Wildman–Crippen LogP) is 5.93. The first-order valence-corrected chi connectivity index (χ1v) is 10.7. The molecule has 3 aromatic carbocycles. The van der Waals surface area contributed by atoms with E-state index in [0.717, 1.165) is 42.5 Å². The first-order chi connectivity index (χ1) is 15.2. The summed E-state index contributed by atoms with van der Waals surface area (Å²) in [6, 6.07) is 22.1. The summed E-state index contributed by atoms with van der Waals surface area (Å²) in [4.78, 5) is 19.5. The molecule has 1 atom stereocenters. The molecule has 1 amide bonds. The molecular formula is C26H23FN2O2. The van der Waals surface area contributed by atoms with Gasteiger partial charge in [0.15, 0.2) is 5.58 Å². The van der Waals surface area contributed by atoms with Gasteiger partial charge in [-0.3, -0.25) is 4.79 Å². The van der Waals surface area contributed by atoms with Crippen molar-refractivity contribution in [3.63, 3.8) is 0 Å². The number of benzene rings is 3. The number of halogens is 1. The zero-order valence-corrected chi connectivity index (χ0v) is 17.1. The Morgan fingerprint density at radius 2 is 1.87 bits per heavy atom. The van der Waals surface area contributed by atoms with Crippen molar-refractivity contribution in [2.24, 2.45) is 0 Å². The van der Waals surface area contributed by atoms with Crippen LogP contribution in [0.3, 0.4) is 0 Å². The van der Waals surface area contributed by atoms with Crippen LogP contribution < -0.4 is 0 Å². The van der Waals surface area contributed by atoms with Gasteiger partial charge in [-0.05, 0) is 60.2 Å². The number of aromatic nitrogens is 1. The van der Waals surface area contributed by atoms with Gasteiger partial charge in [0.1, 0.15) is 17.4 Å². The van der Waals surface area contributed by atoms with Crippen molar-refractivity contribution in [1.29, 1.82) is 0 Å². The Morgan fingerprint density at radius 3 is 2.71 bits per heavy atom. The third-order valence-electron chi connectivity index (χ3n) is 5.89. The van der Waals surface area contributed by atoms with E-state index in [1.54, 1.807) is 6.07 Å². The molecule has 0 bridgehead atoms. The Morgan fingerprint density at radius 1 is 1.03 bits per heavy atom. The van der Waals surface area contributed by atoms with Crippen molar-refractivity contribution >= 4 is 17.0 Å². The van der Waals surface area contributed by atoms with E-state index in [1.807, 2.05) is 59.5 Å². The Kier molecular flexibility index (Phi) is 5.24. The highest BCUT2D eigenvalue weighted by Crippen LogP contribution is 2.35. The van der Waals surface area contributed by atoms with Crippen LogP contribution in [0.2, 0.25) is 0 Å². The summed E-state index contributed by atoms with van der Waals surface area (Å²) in [5.74, 6) is 0.445. The molecule has 5 heteroatoms. The molecule has 5 rings (SSSR count). The van der Waals surface area contributed by atoms with Gasteiger partial charge in [0.2, 0.25) is 11.8 Å². The van der Waals surface area contributed by atoms with Gasteiger partial charge in [-0.2, -0.15) is 0 Å². The van der Waals surface area contributed by atoms with Crippen molar-refractivity contribution in [1.82, 2.24) is 9.88 Å². The highest BCUT2D eigenvalue weighted by Gasteiger charge is 2.33. The topological polar surface area (TPSA) is 46.3 Å². The molecule has 4 nitrogen and oxygen atoms in total. The summed E-state index contributed by atoms with van der Waals surface area (Å²) in [6.07, 6.45) is 2.99. The first-order valence-electron chi connectivity index (χ1n) is 10.7. The minimum absolute atomic E-state index is 0.131. The number of aryl methyl sites for hydroxylation is 1. The van der Waals surface area contributed by atoms with E-state index in [1.165, 1.54) is 17.7 Å². The van der Waals surface area contributed by atoms with Gasteiger partial charge >= 0.3 is 0 Å². The molecule has 31 heavy (non-hydrogen) atoms. The lowest BCUT2D eigenvalue weighted by molar-refractivity contribution is -0.132. The number of carbonyl (C=O) groups is 1. The number of fused-ring (bicyclic) bond motifs is 1. The molecule has 156 valence electrons. The molecule has 0 N–H and O–H groups in total. The molecule has 4 aromatic rings. The third-order valence-corrected chi connectivity index (χ3v) is 5.89. The Balaban J connectivity index is 1.36. The van der Waals surface area contributed by atoms with Crippen LogP contribution in [-0.2, 0) is 11.2 Å². The number of oxazole rings is 1. The van der Waals surface area contributed by atoms with Gasteiger partial charge in [0.05, 0.1) is 0 Å². The van der Waals surface area contributed by atoms with E-state index in [2.05, 4.69) is 0 Å². The molecule has 0 unspecified atom stereocenters.